The summed E-state index contributed by atoms with van der Waals surface area (Å²) in [4.78, 5) is 21.5. The molecule has 0 saturated carbocycles. The molecule has 1 aromatic carbocycles. The second-order valence-electron chi connectivity index (χ2n) is 5.67. The van der Waals surface area contributed by atoms with Crippen LogP contribution in [0.15, 0.2) is 30.3 Å². The average molecular weight is 367 g/mol. The molecule has 1 heterocycles. The highest BCUT2D eigenvalue weighted by molar-refractivity contribution is 5.96. The number of halogens is 3. The first-order valence-corrected chi connectivity index (χ1v) is 8.19. The van der Waals surface area contributed by atoms with E-state index in [0.29, 0.717) is 31.5 Å². The highest BCUT2D eigenvalue weighted by atomic mass is 19.1. The maximum Gasteiger partial charge on any atom is 0.226 e. The lowest BCUT2D eigenvalue weighted by molar-refractivity contribution is 0.0905. The number of nitrogens with zero attached hydrogens (tertiary/aromatic N) is 1. The molecule has 26 heavy (non-hydrogen) atoms. The van der Waals surface area contributed by atoms with E-state index >= 15 is 0 Å². The van der Waals surface area contributed by atoms with Crippen molar-refractivity contribution in [2.45, 2.75) is 19.8 Å². The fraction of sp³-hybridized carbons (Fsp3) is 0.333. The predicted molar refractivity (Wildman–Crippen MR) is 91.5 cm³/mol. The molecule has 140 valence electrons. The van der Waals surface area contributed by atoms with E-state index in [4.69, 9.17) is 4.84 Å². The van der Waals surface area contributed by atoms with Crippen LogP contribution in [0.1, 0.15) is 30.3 Å². The third-order valence-corrected chi connectivity index (χ3v) is 3.83. The second-order valence-corrected chi connectivity index (χ2v) is 5.67. The zero-order chi connectivity index (χ0) is 19.1. The molecule has 0 aliphatic carbocycles. The fourth-order valence-electron chi connectivity index (χ4n) is 2.41. The van der Waals surface area contributed by atoms with Gasteiger partial charge in [-0.15, -0.1) is 0 Å². The molecule has 2 aromatic rings. The number of rotatable bonds is 9. The minimum atomic E-state index is -1.19. The van der Waals surface area contributed by atoms with Crippen LogP contribution < -0.4 is 15.6 Å². The summed E-state index contributed by atoms with van der Waals surface area (Å²) in [6.07, 6.45) is 1.34. The van der Waals surface area contributed by atoms with Crippen molar-refractivity contribution in [2.75, 3.05) is 19.1 Å². The first-order valence-electron chi connectivity index (χ1n) is 8.19. The molecule has 0 radical (unpaired) electrons. The average Bonchev–Trinajstić information content (AvgIpc) is 2.61. The molecule has 1 unspecified atom stereocenters. The van der Waals surface area contributed by atoms with E-state index in [-0.39, 0.29) is 23.2 Å². The molecule has 0 amide bonds. The Morgan fingerprint density at radius 1 is 1.23 bits per heavy atom. The number of benzene rings is 1. The Balaban J connectivity index is 2.11. The van der Waals surface area contributed by atoms with Gasteiger partial charge in [-0.25, -0.2) is 23.6 Å². The van der Waals surface area contributed by atoms with Gasteiger partial charge >= 0.3 is 0 Å². The minimum Gasteiger partial charge on any atom is -0.374 e. The topological polar surface area (TPSA) is 63.2 Å². The summed E-state index contributed by atoms with van der Waals surface area (Å²) in [5.74, 6) is -4.43. The van der Waals surface area contributed by atoms with Gasteiger partial charge in [0.05, 0.1) is 0 Å². The Morgan fingerprint density at radius 3 is 2.54 bits per heavy atom. The van der Waals surface area contributed by atoms with Gasteiger partial charge in [-0.3, -0.25) is 4.79 Å². The number of Topliss-reactive ketones (excluding diaryl/α,β-unsaturated/α-hetero) is 1. The van der Waals surface area contributed by atoms with Crippen LogP contribution in [0.25, 0.3) is 0 Å². The summed E-state index contributed by atoms with van der Waals surface area (Å²) in [6.45, 7) is 2.62. The number of aromatic nitrogens is 1. The molecule has 0 spiro atoms. The van der Waals surface area contributed by atoms with Crippen molar-refractivity contribution in [3.63, 3.8) is 0 Å². The van der Waals surface area contributed by atoms with Crippen LogP contribution in [0.3, 0.4) is 0 Å². The third kappa shape index (κ3) is 4.95. The van der Waals surface area contributed by atoms with E-state index in [1.165, 1.54) is 6.07 Å². The summed E-state index contributed by atoms with van der Waals surface area (Å²) < 4.78 is 40.0. The normalized spacial score (nSPS) is 11.9. The van der Waals surface area contributed by atoms with Crippen LogP contribution in [-0.2, 0) is 0 Å². The number of pyridine rings is 1. The molecule has 2 N–H and O–H groups in total. The number of hydrogen-bond acceptors (Lipinski definition) is 5. The molecule has 5 nitrogen and oxygen atoms in total. The lowest BCUT2D eigenvalue weighted by Crippen LogP contribution is -2.21. The molecule has 8 heteroatoms. The van der Waals surface area contributed by atoms with E-state index in [1.807, 2.05) is 14.0 Å². The van der Waals surface area contributed by atoms with Crippen LogP contribution in [-0.4, -0.2) is 24.4 Å². The van der Waals surface area contributed by atoms with Crippen molar-refractivity contribution in [2.24, 2.45) is 5.92 Å². The van der Waals surface area contributed by atoms with Gasteiger partial charge in [-0.1, -0.05) is 13.0 Å². The van der Waals surface area contributed by atoms with Gasteiger partial charge in [-0.2, -0.15) is 0 Å². The van der Waals surface area contributed by atoms with Crippen LogP contribution in [0.4, 0.5) is 19.0 Å². The summed E-state index contributed by atoms with van der Waals surface area (Å²) in [7, 11) is 1.81. The molecule has 0 aliphatic heterocycles. The van der Waals surface area contributed by atoms with E-state index in [2.05, 4.69) is 15.8 Å². The Kier molecular flexibility index (Phi) is 6.97. The van der Waals surface area contributed by atoms with Gasteiger partial charge in [0.15, 0.2) is 23.2 Å². The molecule has 0 saturated heterocycles. The maximum atomic E-state index is 13.6. The quantitative estimate of drug-likeness (QED) is 0.522. The van der Waals surface area contributed by atoms with E-state index in [1.54, 1.807) is 12.1 Å². The van der Waals surface area contributed by atoms with Gasteiger partial charge in [0.25, 0.3) is 0 Å². The highest BCUT2D eigenvalue weighted by Crippen LogP contribution is 2.23. The van der Waals surface area contributed by atoms with Crippen molar-refractivity contribution < 1.29 is 22.8 Å². The maximum absolute atomic E-state index is 13.6. The number of hydrogen-bond donors (Lipinski definition) is 2. The summed E-state index contributed by atoms with van der Waals surface area (Å²) in [5.41, 5.74) is 2.50. The SMILES string of the molecule is CCC(CCNC)C(=O)c1cccc(NOc2c(F)cc(F)cc2F)n1. The Morgan fingerprint density at radius 2 is 1.92 bits per heavy atom. The van der Waals surface area contributed by atoms with E-state index in [9.17, 15) is 18.0 Å². The van der Waals surface area contributed by atoms with Crippen molar-refractivity contribution in [1.82, 2.24) is 10.3 Å². The predicted octanol–water partition coefficient (Wildman–Crippen LogP) is 3.72. The van der Waals surface area contributed by atoms with Gasteiger partial charge in [0, 0.05) is 18.1 Å². The Labute approximate surface area is 149 Å². The van der Waals surface area contributed by atoms with Gasteiger partial charge in [0.2, 0.25) is 5.75 Å². The van der Waals surface area contributed by atoms with E-state index < -0.39 is 23.2 Å². The number of nitrogens with one attached hydrogen (secondary N) is 2. The van der Waals surface area contributed by atoms with Gasteiger partial charge in [-0.05, 0) is 38.6 Å². The minimum absolute atomic E-state index is 0.0995. The van der Waals surface area contributed by atoms with Crippen molar-refractivity contribution in [3.8, 4) is 5.75 Å². The van der Waals surface area contributed by atoms with Crippen LogP contribution in [0.2, 0.25) is 0 Å². The summed E-state index contributed by atoms with van der Waals surface area (Å²) in [5, 5.41) is 3.00. The molecule has 0 aliphatic rings. The number of carbonyl (C=O) groups excluding carboxylic acids is 1. The van der Waals surface area contributed by atoms with Crippen molar-refractivity contribution in [3.05, 3.63) is 53.5 Å². The molecule has 2 rings (SSSR count). The molecule has 1 aromatic heterocycles. The zero-order valence-electron chi connectivity index (χ0n) is 14.5. The summed E-state index contributed by atoms with van der Waals surface area (Å²) in [6, 6.07) is 5.62. The standard InChI is InChI=1S/C18H20F3N3O2/c1-3-11(7-8-22-2)17(25)15-5-4-6-16(23-15)24-26-18-13(20)9-12(19)10-14(18)21/h4-6,9-11,22H,3,7-8H2,1-2H3,(H,23,24). The third-order valence-electron chi connectivity index (χ3n) is 3.83. The molecular formula is C18H20F3N3O2. The monoisotopic (exact) mass is 367 g/mol. The molecule has 1 atom stereocenters. The second kappa shape index (κ2) is 9.19. The van der Waals surface area contributed by atoms with Crippen LogP contribution >= 0.6 is 0 Å². The Bertz CT molecular complexity index is 748. The number of ketones is 1. The van der Waals surface area contributed by atoms with Crippen LogP contribution in [0.5, 0.6) is 5.75 Å². The number of anilines is 1. The van der Waals surface area contributed by atoms with Crippen molar-refractivity contribution >= 4 is 11.6 Å². The first kappa shape index (κ1) is 19.7. The molecule has 0 bridgehead atoms. The fourth-order valence-corrected chi connectivity index (χ4v) is 2.41. The highest BCUT2D eigenvalue weighted by Gasteiger charge is 2.20. The van der Waals surface area contributed by atoms with Crippen molar-refractivity contribution in [1.29, 1.82) is 0 Å². The molecular weight excluding hydrogens is 347 g/mol. The summed E-state index contributed by atoms with van der Waals surface area (Å²) >= 11 is 0. The lowest BCUT2D eigenvalue weighted by Gasteiger charge is -2.14. The first-order chi connectivity index (χ1) is 12.5. The molecule has 0 fully saturated rings. The zero-order valence-corrected chi connectivity index (χ0v) is 14.5. The van der Waals surface area contributed by atoms with Crippen LogP contribution in [0, 0.1) is 23.4 Å². The largest absolute Gasteiger partial charge is 0.374 e. The van der Waals surface area contributed by atoms with Gasteiger partial charge < -0.3 is 10.2 Å². The van der Waals surface area contributed by atoms with E-state index in [0.717, 1.165) is 0 Å². The smallest absolute Gasteiger partial charge is 0.226 e. The Hall–Kier alpha value is -2.61. The van der Waals surface area contributed by atoms with Gasteiger partial charge in [0.1, 0.15) is 11.5 Å². The lowest BCUT2D eigenvalue weighted by atomic mass is 9.95. The number of carbonyl (C=O) groups is 1.